The first-order valence-electron chi connectivity index (χ1n) is 7.50. The first-order valence-corrected chi connectivity index (χ1v) is 8.32. The number of hydrogen-bond acceptors (Lipinski definition) is 9. The molecule has 1 aliphatic heterocycles. The number of aromatic amines is 2. The largest absolute Gasteiger partial charge is 0.493 e. The van der Waals surface area contributed by atoms with Gasteiger partial charge in [-0.2, -0.15) is 4.98 Å². The Morgan fingerprint density at radius 3 is 2.33 bits per heavy atom. The first kappa shape index (κ1) is 17.1. The van der Waals surface area contributed by atoms with Gasteiger partial charge in [-0.1, -0.05) is 12.1 Å². The summed E-state index contributed by atoms with van der Waals surface area (Å²) in [6.45, 7) is 0. The number of nitrogens with zero attached hydrogens (tertiary/aromatic N) is 3. The normalized spacial score (nSPS) is 14.7. The Bertz CT molecular complexity index is 1140. The van der Waals surface area contributed by atoms with E-state index in [1.54, 1.807) is 12.1 Å². The topological polar surface area (TPSA) is 156 Å². The molecule has 2 aromatic heterocycles. The highest BCUT2D eigenvalue weighted by atomic mass is 32.1. The molecule has 3 heterocycles. The number of non-ortho nitro benzene ring substituents is 1. The molecule has 0 radical (unpaired) electrons. The summed E-state index contributed by atoms with van der Waals surface area (Å²) < 4.78 is 5.89. The zero-order chi connectivity index (χ0) is 19.3. The van der Waals surface area contributed by atoms with Crippen molar-refractivity contribution >= 4 is 35.9 Å². The molecule has 0 spiro atoms. The third-order valence-electron chi connectivity index (χ3n) is 4.10. The average Bonchev–Trinajstić information content (AvgIpc) is 2.59. The summed E-state index contributed by atoms with van der Waals surface area (Å²) in [5.74, 6) is -0.503. The third-order valence-corrected chi connectivity index (χ3v) is 4.48. The summed E-state index contributed by atoms with van der Waals surface area (Å²) in [4.78, 5) is 23.9. The summed E-state index contributed by atoms with van der Waals surface area (Å²) in [6, 6.07) is 5.83. The van der Waals surface area contributed by atoms with Crippen molar-refractivity contribution in [1.29, 1.82) is 0 Å². The minimum absolute atomic E-state index is 0.0257. The van der Waals surface area contributed by atoms with E-state index in [2.05, 4.69) is 19.9 Å². The molecule has 136 valence electrons. The molecule has 12 heteroatoms. The van der Waals surface area contributed by atoms with Crippen molar-refractivity contribution in [2.45, 2.75) is 5.92 Å². The number of nitro groups is 1. The van der Waals surface area contributed by atoms with Crippen molar-refractivity contribution in [2.75, 3.05) is 5.73 Å². The number of aromatic hydroxyl groups is 1. The van der Waals surface area contributed by atoms with Crippen LogP contribution in [0.3, 0.4) is 0 Å². The molecule has 0 bridgehead atoms. The number of hydrogen-bond donors (Lipinski definition) is 4. The molecule has 0 saturated carbocycles. The fourth-order valence-electron chi connectivity index (χ4n) is 3.00. The number of nitrogen functional groups attached to an aromatic ring is 1. The van der Waals surface area contributed by atoms with Gasteiger partial charge in [-0.05, 0) is 30.0 Å². The van der Waals surface area contributed by atoms with Gasteiger partial charge in [0.1, 0.15) is 5.82 Å². The maximum absolute atomic E-state index is 10.9. The molecule has 1 aromatic carbocycles. The van der Waals surface area contributed by atoms with Crippen LogP contribution in [0.4, 0.5) is 11.5 Å². The Morgan fingerprint density at radius 2 is 1.70 bits per heavy atom. The van der Waals surface area contributed by atoms with Crippen LogP contribution in [-0.4, -0.2) is 30.0 Å². The predicted octanol–water partition coefficient (Wildman–Crippen LogP) is 3.07. The van der Waals surface area contributed by atoms with Crippen LogP contribution in [0.15, 0.2) is 24.3 Å². The van der Waals surface area contributed by atoms with E-state index in [1.165, 1.54) is 12.1 Å². The summed E-state index contributed by atoms with van der Waals surface area (Å²) in [5, 5.41) is 21.3. The van der Waals surface area contributed by atoms with Gasteiger partial charge in [0, 0.05) is 12.1 Å². The van der Waals surface area contributed by atoms with E-state index in [-0.39, 0.29) is 44.3 Å². The van der Waals surface area contributed by atoms with Crippen molar-refractivity contribution in [3.8, 4) is 17.6 Å². The van der Waals surface area contributed by atoms with E-state index in [0.29, 0.717) is 11.1 Å². The highest BCUT2D eigenvalue weighted by molar-refractivity contribution is 7.71. The van der Waals surface area contributed by atoms with Gasteiger partial charge in [-0.3, -0.25) is 10.1 Å². The second-order valence-electron chi connectivity index (χ2n) is 5.66. The van der Waals surface area contributed by atoms with Crippen molar-refractivity contribution in [1.82, 2.24) is 19.9 Å². The number of H-pyrrole nitrogens is 2. The summed E-state index contributed by atoms with van der Waals surface area (Å²) in [5.41, 5.74) is 7.31. The summed E-state index contributed by atoms with van der Waals surface area (Å²) in [6.07, 6.45) is 0. The molecule has 0 saturated heterocycles. The van der Waals surface area contributed by atoms with Crippen molar-refractivity contribution in [3.63, 3.8) is 0 Å². The number of aromatic nitrogens is 4. The van der Waals surface area contributed by atoms with Crippen LogP contribution in [0.2, 0.25) is 0 Å². The van der Waals surface area contributed by atoms with Crippen LogP contribution in [0.1, 0.15) is 22.6 Å². The van der Waals surface area contributed by atoms with Gasteiger partial charge < -0.3 is 25.5 Å². The number of ether oxygens (including phenoxy) is 1. The van der Waals surface area contributed by atoms with Crippen molar-refractivity contribution < 1.29 is 14.8 Å². The molecular weight excluding hydrogens is 392 g/mol. The highest BCUT2D eigenvalue weighted by Gasteiger charge is 2.36. The zero-order valence-corrected chi connectivity index (χ0v) is 14.9. The van der Waals surface area contributed by atoms with Crippen molar-refractivity contribution in [3.05, 3.63) is 60.6 Å². The van der Waals surface area contributed by atoms with Gasteiger partial charge in [0.15, 0.2) is 0 Å². The third kappa shape index (κ3) is 2.80. The van der Waals surface area contributed by atoms with Crippen molar-refractivity contribution in [2.24, 2.45) is 0 Å². The Hall–Kier alpha value is -3.38. The second-order valence-corrected chi connectivity index (χ2v) is 6.44. The lowest BCUT2D eigenvalue weighted by molar-refractivity contribution is -0.384. The van der Waals surface area contributed by atoms with E-state index >= 15 is 0 Å². The molecule has 3 aromatic rings. The average molecular weight is 402 g/mol. The minimum Gasteiger partial charge on any atom is -0.493 e. The first-order chi connectivity index (χ1) is 12.8. The molecule has 4 rings (SSSR count). The maximum Gasteiger partial charge on any atom is 0.269 e. The zero-order valence-electron chi connectivity index (χ0n) is 13.3. The van der Waals surface area contributed by atoms with Gasteiger partial charge >= 0.3 is 0 Å². The number of nitrogens with one attached hydrogen (secondary N) is 2. The molecule has 0 fully saturated rings. The summed E-state index contributed by atoms with van der Waals surface area (Å²) >= 11 is 10.0. The van der Waals surface area contributed by atoms with E-state index in [9.17, 15) is 15.2 Å². The lowest BCUT2D eigenvalue weighted by atomic mass is 9.85. The van der Waals surface area contributed by atoms with E-state index in [0.717, 1.165) is 0 Å². The number of fused-ring (bicyclic) bond motifs is 2. The van der Waals surface area contributed by atoms with Gasteiger partial charge in [-0.15, -0.1) is 0 Å². The van der Waals surface area contributed by atoms with Gasteiger partial charge in [0.05, 0.1) is 22.0 Å². The molecule has 0 amide bonds. The SMILES string of the molecule is Nc1nc(=S)[nH]c2c1C(c1ccc([N+](=O)[O-])cc1)c1c(O)nc(=S)[nH]c1O2. The van der Waals surface area contributed by atoms with Gasteiger partial charge in [0.25, 0.3) is 5.69 Å². The highest BCUT2D eigenvalue weighted by Crippen LogP contribution is 2.49. The van der Waals surface area contributed by atoms with Crippen LogP contribution < -0.4 is 10.5 Å². The Morgan fingerprint density at radius 1 is 1.11 bits per heavy atom. The molecule has 0 aliphatic carbocycles. The van der Waals surface area contributed by atoms with Crippen LogP contribution in [0, 0.1) is 19.7 Å². The standard InChI is InChI=1S/C15H10N6O4S2/c16-10-8-7(5-1-3-6(4-2-5)21(23)24)9-11(22)18-15(27)20-13(9)25-12(8)19-14(26)17-10/h1-4,7H,(H3,16,17,19,26)(H2,18,20,22,27). The minimum atomic E-state index is -0.664. The number of nitro benzene ring substituents is 1. The van der Waals surface area contributed by atoms with E-state index in [4.69, 9.17) is 34.9 Å². The molecule has 1 atom stereocenters. The summed E-state index contributed by atoms with van der Waals surface area (Å²) in [7, 11) is 0. The lowest BCUT2D eigenvalue weighted by Gasteiger charge is -2.28. The van der Waals surface area contributed by atoms with Gasteiger partial charge in [0.2, 0.25) is 27.2 Å². The number of nitrogens with two attached hydrogens (primary N) is 1. The Kier molecular flexibility index (Phi) is 3.86. The monoisotopic (exact) mass is 402 g/mol. The van der Waals surface area contributed by atoms with Crippen LogP contribution in [-0.2, 0) is 0 Å². The number of rotatable bonds is 2. The predicted molar refractivity (Wildman–Crippen MR) is 99.0 cm³/mol. The smallest absolute Gasteiger partial charge is 0.269 e. The van der Waals surface area contributed by atoms with Crippen LogP contribution >= 0.6 is 24.4 Å². The fraction of sp³-hybridized carbons (Fsp3) is 0.0667. The number of benzene rings is 1. The number of anilines is 1. The molecule has 1 unspecified atom stereocenters. The Labute approximate surface area is 160 Å². The quantitative estimate of drug-likeness (QED) is 0.225. The molecule has 1 aliphatic rings. The molecular formula is C15H10N6O4S2. The van der Waals surface area contributed by atoms with E-state index < -0.39 is 10.8 Å². The van der Waals surface area contributed by atoms with Gasteiger partial charge in [-0.25, -0.2) is 4.98 Å². The lowest BCUT2D eigenvalue weighted by Crippen LogP contribution is -2.18. The Balaban J connectivity index is 2.02. The second kappa shape index (κ2) is 6.10. The maximum atomic E-state index is 10.9. The van der Waals surface area contributed by atoms with E-state index in [1.807, 2.05) is 0 Å². The molecule has 27 heavy (non-hydrogen) atoms. The molecule has 10 nitrogen and oxygen atoms in total. The molecule has 5 N–H and O–H groups in total. The van der Waals surface area contributed by atoms with Crippen LogP contribution in [0.25, 0.3) is 0 Å². The fourth-order valence-corrected chi connectivity index (χ4v) is 3.37. The van der Waals surface area contributed by atoms with Crippen LogP contribution in [0.5, 0.6) is 17.6 Å².